The molecule has 0 bridgehead atoms. The number of carboxylic acid groups (broad SMARTS) is 1. The summed E-state index contributed by atoms with van der Waals surface area (Å²) in [5, 5.41) is 11.6. The van der Waals surface area contributed by atoms with E-state index in [1.807, 2.05) is 11.8 Å². The molecule has 1 aliphatic heterocycles. The van der Waals surface area contributed by atoms with Gasteiger partial charge in [-0.3, -0.25) is 14.7 Å². The van der Waals surface area contributed by atoms with E-state index in [1.54, 1.807) is 6.07 Å². The maximum absolute atomic E-state index is 11.5. The van der Waals surface area contributed by atoms with Crippen LogP contribution in [0.15, 0.2) is 18.3 Å². The molecule has 18 heavy (non-hydrogen) atoms. The van der Waals surface area contributed by atoms with Crippen LogP contribution in [-0.2, 0) is 11.3 Å². The van der Waals surface area contributed by atoms with Crippen LogP contribution < -0.4 is 5.32 Å². The highest BCUT2D eigenvalue weighted by Gasteiger charge is 2.25. The summed E-state index contributed by atoms with van der Waals surface area (Å²) < 4.78 is 0. The number of pyridine rings is 1. The Labute approximate surface area is 105 Å². The first-order valence-electron chi connectivity index (χ1n) is 5.78. The molecule has 0 saturated carbocycles. The Hall–Kier alpha value is -1.95. The van der Waals surface area contributed by atoms with E-state index in [-0.39, 0.29) is 17.5 Å². The average Bonchev–Trinajstić information content (AvgIpc) is 2.36. The normalized spacial score (nSPS) is 20.5. The minimum atomic E-state index is -0.986. The number of carboxylic acids is 1. The third-order valence-corrected chi connectivity index (χ3v) is 3.06. The summed E-state index contributed by atoms with van der Waals surface area (Å²) in [6, 6.07) is 3.03. The molecule has 1 aliphatic rings. The van der Waals surface area contributed by atoms with Crippen molar-refractivity contribution in [2.45, 2.75) is 19.5 Å². The molecule has 0 aromatic carbocycles. The lowest BCUT2D eigenvalue weighted by Gasteiger charge is -2.32. The molecule has 6 nitrogen and oxygen atoms in total. The molecule has 1 aromatic rings. The van der Waals surface area contributed by atoms with Crippen molar-refractivity contribution < 1.29 is 14.7 Å². The van der Waals surface area contributed by atoms with Crippen LogP contribution in [0.25, 0.3) is 0 Å². The van der Waals surface area contributed by atoms with Gasteiger partial charge in [0, 0.05) is 25.8 Å². The smallest absolute Gasteiger partial charge is 0.337 e. The number of carbonyl (C=O) groups excluding carboxylic acids is 1. The highest BCUT2D eigenvalue weighted by atomic mass is 16.4. The Bertz CT molecular complexity index is 458. The first-order valence-corrected chi connectivity index (χ1v) is 5.78. The maximum atomic E-state index is 11.5. The highest BCUT2D eigenvalue weighted by molar-refractivity contribution is 5.87. The number of aromatic carboxylic acids is 1. The second-order valence-electron chi connectivity index (χ2n) is 4.28. The van der Waals surface area contributed by atoms with Gasteiger partial charge in [0.25, 0.3) is 0 Å². The van der Waals surface area contributed by atoms with E-state index in [4.69, 9.17) is 5.11 Å². The van der Waals surface area contributed by atoms with Crippen LogP contribution in [0.5, 0.6) is 0 Å². The van der Waals surface area contributed by atoms with Gasteiger partial charge < -0.3 is 10.4 Å². The molecule has 6 heteroatoms. The summed E-state index contributed by atoms with van der Waals surface area (Å²) in [6.45, 7) is 3.81. The van der Waals surface area contributed by atoms with Gasteiger partial charge in [0.05, 0.1) is 17.3 Å². The number of carbonyl (C=O) groups is 2. The van der Waals surface area contributed by atoms with Crippen molar-refractivity contribution in [3.8, 4) is 0 Å². The lowest BCUT2D eigenvalue weighted by Crippen LogP contribution is -2.53. The van der Waals surface area contributed by atoms with Crippen molar-refractivity contribution in [3.63, 3.8) is 0 Å². The molecule has 0 aliphatic carbocycles. The van der Waals surface area contributed by atoms with Gasteiger partial charge >= 0.3 is 5.97 Å². The average molecular weight is 249 g/mol. The van der Waals surface area contributed by atoms with Crippen LogP contribution in [0.4, 0.5) is 0 Å². The fourth-order valence-corrected chi connectivity index (χ4v) is 1.90. The Morgan fingerprint density at radius 3 is 3.00 bits per heavy atom. The van der Waals surface area contributed by atoms with Gasteiger partial charge in [0.1, 0.15) is 0 Å². The number of nitrogens with one attached hydrogen (secondary N) is 1. The van der Waals surface area contributed by atoms with Gasteiger partial charge in [-0.25, -0.2) is 4.79 Å². The molecule has 2 N–H and O–H groups in total. The molecule has 1 unspecified atom stereocenters. The van der Waals surface area contributed by atoms with Gasteiger partial charge in [-0.1, -0.05) is 0 Å². The number of hydrogen-bond donors (Lipinski definition) is 2. The van der Waals surface area contributed by atoms with Crippen molar-refractivity contribution in [1.82, 2.24) is 15.2 Å². The fourth-order valence-electron chi connectivity index (χ4n) is 1.90. The second-order valence-corrected chi connectivity index (χ2v) is 4.28. The molecule has 1 fully saturated rings. The van der Waals surface area contributed by atoms with Crippen molar-refractivity contribution in [2.75, 3.05) is 13.1 Å². The van der Waals surface area contributed by atoms with Crippen molar-refractivity contribution in [3.05, 3.63) is 29.6 Å². The van der Waals surface area contributed by atoms with Crippen LogP contribution in [-0.4, -0.2) is 46.0 Å². The van der Waals surface area contributed by atoms with Crippen molar-refractivity contribution >= 4 is 11.9 Å². The zero-order chi connectivity index (χ0) is 13.1. The van der Waals surface area contributed by atoms with Crippen LogP contribution in [0.2, 0.25) is 0 Å². The Kier molecular flexibility index (Phi) is 3.57. The zero-order valence-corrected chi connectivity index (χ0v) is 10.1. The van der Waals surface area contributed by atoms with E-state index < -0.39 is 5.97 Å². The van der Waals surface area contributed by atoms with E-state index in [9.17, 15) is 9.59 Å². The zero-order valence-electron chi connectivity index (χ0n) is 10.1. The van der Waals surface area contributed by atoms with E-state index in [0.717, 1.165) is 12.2 Å². The molecule has 1 amide bonds. The molecule has 1 aromatic heterocycles. The maximum Gasteiger partial charge on any atom is 0.337 e. The number of rotatable bonds is 3. The summed E-state index contributed by atoms with van der Waals surface area (Å²) in [4.78, 5) is 28.3. The lowest BCUT2D eigenvalue weighted by atomic mass is 10.2. The Morgan fingerprint density at radius 1 is 1.61 bits per heavy atom. The number of nitrogens with zero attached hydrogens (tertiary/aromatic N) is 2. The third kappa shape index (κ3) is 2.65. The summed E-state index contributed by atoms with van der Waals surface area (Å²) >= 11 is 0. The quantitative estimate of drug-likeness (QED) is 0.794. The summed E-state index contributed by atoms with van der Waals surface area (Å²) in [6.07, 6.45) is 1.34. The van der Waals surface area contributed by atoms with Crippen LogP contribution >= 0.6 is 0 Å². The summed E-state index contributed by atoms with van der Waals surface area (Å²) in [5.74, 6) is -0.969. The summed E-state index contributed by atoms with van der Waals surface area (Å²) in [7, 11) is 0. The van der Waals surface area contributed by atoms with Crippen molar-refractivity contribution in [1.29, 1.82) is 0 Å². The number of hydrogen-bond acceptors (Lipinski definition) is 4. The van der Waals surface area contributed by atoms with E-state index in [1.165, 1.54) is 12.3 Å². The summed E-state index contributed by atoms with van der Waals surface area (Å²) in [5.41, 5.74) is 0.935. The van der Waals surface area contributed by atoms with Gasteiger partial charge in [0.15, 0.2) is 0 Å². The standard InChI is InChI=1S/C12H15N3O3/c1-8-11(16)13-4-5-15(8)7-10-3-2-9(6-14-10)12(17)18/h2-3,6,8H,4-5,7H2,1H3,(H,13,16)(H,17,18). The second kappa shape index (κ2) is 5.14. The van der Waals surface area contributed by atoms with Gasteiger partial charge in [-0.15, -0.1) is 0 Å². The van der Waals surface area contributed by atoms with Crippen LogP contribution in [0, 0.1) is 0 Å². The first-order chi connectivity index (χ1) is 8.58. The van der Waals surface area contributed by atoms with Gasteiger partial charge in [0.2, 0.25) is 5.91 Å². The van der Waals surface area contributed by atoms with E-state index in [2.05, 4.69) is 10.3 Å². The first kappa shape index (κ1) is 12.5. The molecular formula is C12H15N3O3. The number of amides is 1. The SMILES string of the molecule is CC1C(=O)NCCN1Cc1ccc(C(=O)O)cn1. The lowest BCUT2D eigenvalue weighted by molar-refractivity contribution is -0.128. The van der Waals surface area contributed by atoms with Crippen molar-refractivity contribution in [2.24, 2.45) is 0 Å². The van der Waals surface area contributed by atoms with Crippen LogP contribution in [0.3, 0.4) is 0 Å². The predicted octanol–water partition coefficient (Wildman–Crippen LogP) is 0.100. The molecule has 2 rings (SSSR count). The monoisotopic (exact) mass is 249 g/mol. The van der Waals surface area contributed by atoms with Gasteiger partial charge in [-0.2, -0.15) is 0 Å². The largest absolute Gasteiger partial charge is 0.478 e. The third-order valence-electron chi connectivity index (χ3n) is 3.06. The molecule has 96 valence electrons. The number of piperazine rings is 1. The topological polar surface area (TPSA) is 82.5 Å². The van der Waals surface area contributed by atoms with E-state index >= 15 is 0 Å². The van der Waals surface area contributed by atoms with E-state index in [0.29, 0.717) is 13.1 Å². The van der Waals surface area contributed by atoms with Gasteiger partial charge in [-0.05, 0) is 19.1 Å². The predicted molar refractivity (Wildman–Crippen MR) is 64.1 cm³/mol. The highest BCUT2D eigenvalue weighted by Crippen LogP contribution is 2.09. The molecule has 0 spiro atoms. The minimum Gasteiger partial charge on any atom is -0.478 e. The molecule has 1 saturated heterocycles. The minimum absolute atomic E-state index is 0.0170. The molecular weight excluding hydrogens is 234 g/mol. The molecule has 1 atom stereocenters. The van der Waals surface area contributed by atoms with Crippen LogP contribution in [0.1, 0.15) is 23.0 Å². The Morgan fingerprint density at radius 2 is 2.39 bits per heavy atom. The Balaban J connectivity index is 2.04. The molecule has 0 radical (unpaired) electrons. The number of aromatic nitrogens is 1. The fraction of sp³-hybridized carbons (Fsp3) is 0.417. The molecule has 2 heterocycles.